The number of nitrogens with zero attached hydrogens (tertiary/aromatic N) is 4. The van der Waals surface area contributed by atoms with Gasteiger partial charge in [0.05, 0.1) is 21.4 Å². The van der Waals surface area contributed by atoms with Crippen molar-refractivity contribution >= 4 is 50.7 Å². The fraction of sp³-hybridized carbons (Fsp3) is 0.100. The van der Waals surface area contributed by atoms with E-state index in [1.165, 1.54) is 41.6 Å². The lowest BCUT2D eigenvalue weighted by atomic mass is 10.1. The molecule has 0 aliphatic heterocycles. The summed E-state index contributed by atoms with van der Waals surface area (Å²) in [6, 6.07) is 13.9. The molecule has 0 radical (unpaired) electrons. The van der Waals surface area contributed by atoms with E-state index in [0.717, 1.165) is 15.9 Å². The maximum absolute atomic E-state index is 12.6. The Labute approximate surface area is 179 Å². The molecule has 2 aromatic carbocycles. The lowest BCUT2D eigenvalue weighted by Crippen LogP contribution is -2.22. The number of carbonyl (C=O) groups is 1. The Morgan fingerprint density at radius 1 is 1.20 bits per heavy atom. The number of thioether (sulfide) groups is 1. The van der Waals surface area contributed by atoms with E-state index >= 15 is 0 Å². The number of carbonyl (C=O) groups excluding carboxylic acids is 1. The molecule has 1 amide bonds. The number of amides is 1. The van der Waals surface area contributed by atoms with Crippen molar-refractivity contribution in [2.24, 2.45) is 0 Å². The van der Waals surface area contributed by atoms with Gasteiger partial charge in [-0.05, 0) is 13.0 Å². The molecule has 0 spiro atoms. The third-order valence-electron chi connectivity index (χ3n) is 4.25. The summed E-state index contributed by atoms with van der Waals surface area (Å²) >= 11 is 2.61. The molecule has 1 atom stereocenters. The molecular weight excluding hydrogens is 422 g/mol. The van der Waals surface area contributed by atoms with Crippen molar-refractivity contribution in [2.75, 3.05) is 5.32 Å². The molecule has 4 rings (SSSR count). The van der Waals surface area contributed by atoms with E-state index < -0.39 is 10.2 Å². The first-order valence-electron chi connectivity index (χ1n) is 8.89. The number of hydrogen-bond donors (Lipinski definition) is 1. The highest BCUT2D eigenvalue weighted by molar-refractivity contribution is 8.00. The van der Waals surface area contributed by atoms with Crippen LogP contribution in [0.5, 0.6) is 0 Å². The highest BCUT2D eigenvalue weighted by atomic mass is 32.2. The fourth-order valence-electron chi connectivity index (χ4n) is 2.74. The molecule has 150 valence electrons. The van der Waals surface area contributed by atoms with Crippen LogP contribution in [0, 0.1) is 10.1 Å². The Morgan fingerprint density at radius 3 is 2.87 bits per heavy atom. The van der Waals surface area contributed by atoms with E-state index in [1.54, 1.807) is 24.4 Å². The number of non-ortho nitro benzene ring substituents is 1. The number of fused-ring (bicyclic) bond motifs is 1. The zero-order chi connectivity index (χ0) is 21.1. The number of nitrogens with one attached hydrogen (secondary N) is 1. The van der Waals surface area contributed by atoms with Crippen LogP contribution in [0.15, 0.2) is 65.3 Å². The van der Waals surface area contributed by atoms with E-state index in [9.17, 15) is 14.9 Å². The Kier molecular flexibility index (Phi) is 5.68. The van der Waals surface area contributed by atoms with Crippen LogP contribution in [0.25, 0.3) is 22.2 Å². The number of benzene rings is 2. The summed E-state index contributed by atoms with van der Waals surface area (Å²) < 4.78 is 0. The monoisotopic (exact) mass is 437 g/mol. The van der Waals surface area contributed by atoms with E-state index in [4.69, 9.17) is 0 Å². The maximum Gasteiger partial charge on any atom is 0.270 e. The van der Waals surface area contributed by atoms with Gasteiger partial charge in [0.1, 0.15) is 11.4 Å². The molecule has 0 aliphatic carbocycles. The number of anilines is 1. The lowest BCUT2D eigenvalue weighted by Gasteiger charge is -2.11. The molecule has 0 aliphatic rings. The number of aromatic nitrogens is 3. The second kappa shape index (κ2) is 8.56. The minimum absolute atomic E-state index is 0.00631. The summed E-state index contributed by atoms with van der Waals surface area (Å²) in [6.07, 6.45) is 1.49. The number of hydrogen-bond acceptors (Lipinski definition) is 8. The van der Waals surface area contributed by atoms with Gasteiger partial charge in [0.25, 0.3) is 5.69 Å². The van der Waals surface area contributed by atoms with Crippen LogP contribution in [-0.2, 0) is 4.79 Å². The average molecular weight is 438 g/mol. The summed E-state index contributed by atoms with van der Waals surface area (Å²) in [5.74, 6) is -0.206. The maximum atomic E-state index is 12.6. The third-order valence-corrected chi connectivity index (χ3v) is 6.12. The van der Waals surface area contributed by atoms with Gasteiger partial charge in [0.15, 0.2) is 5.13 Å². The number of nitro benzene ring substituents is 1. The Balaban J connectivity index is 1.46. The predicted octanol–water partition coefficient (Wildman–Crippen LogP) is 4.78. The first-order valence-corrected chi connectivity index (χ1v) is 10.6. The van der Waals surface area contributed by atoms with Crippen molar-refractivity contribution in [1.29, 1.82) is 0 Å². The van der Waals surface area contributed by atoms with Gasteiger partial charge >= 0.3 is 0 Å². The van der Waals surface area contributed by atoms with Gasteiger partial charge in [0.2, 0.25) is 5.91 Å². The summed E-state index contributed by atoms with van der Waals surface area (Å²) in [4.78, 5) is 36.1. The molecule has 0 saturated carbocycles. The molecule has 0 bridgehead atoms. The molecular formula is C20H15N5O3S2. The van der Waals surface area contributed by atoms with Gasteiger partial charge in [-0.15, -0.1) is 11.3 Å². The molecule has 1 N–H and O–H groups in total. The predicted molar refractivity (Wildman–Crippen MR) is 118 cm³/mol. The van der Waals surface area contributed by atoms with E-state index in [-0.39, 0.29) is 11.6 Å². The second-order valence-corrected chi connectivity index (χ2v) is 8.48. The number of thiazole rings is 1. The van der Waals surface area contributed by atoms with Crippen LogP contribution in [0.4, 0.5) is 10.8 Å². The van der Waals surface area contributed by atoms with Crippen LogP contribution < -0.4 is 5.32 Å². The SMILES string of the molecule is C[C@H](Sc1ncnc2ccccc12)C(=O)Nc1nc(-c2cccc([N+](=O)[O-])c2)cs1. The van der Waals surface area contributed by atoms with E-state index in [1.807, 2.05) is 24.3 Å². The fourth-order valence-corrected chi connectivity index (χ4v) is 4.38. The first-order chi connectivity index (χ1) is 14.5. The van der Waals surface area contributed by atoms with Crippen LogP contribution in [-0.4, -0.2) is 31.0 Å². The van der Waals surface area contributed by atoms with Crippen molar-refractivity contribution in [3.8, 4) is 11.3 Å². The summed E-state index contributed by atoms with van der Waals surface area (Å²) in [5.41, 5.74) is 2.01. The minimum atomic E-state index is -0.450. The Hall–Kier alpha value is -3.37. The number of rotatable bonds is 6. The third kappa shape index (κ3) is 4.29. The van der Waals surface area contributed by atoms with Crippen molar-refractivity contribution in [2.45, 2.75) is 17.2 Å². The topological polar surface area (TPSA) is 111 Å². The van der Waals surface area contributed by atoms with Crippen LogP contribution in [0.2, 0.25) is 0 Å². The lowest BCUT2D eigenvalue weighted by molar-refractivity contribution is -0.384. The van der Waals surface area contributed by atoms with E-state index in [0.29, 0.717) is 16.4 Å². The van der Waals surface area contributed by atoms with Crippen molar-refractivity contribution in [3.05, 3.63) is 70.4 Å². The van der Waals surface area contributed by atoms with Crippen molar-refractivity contribution in [1.82, 2.24) is 15.0 Å². The van der Waals surface area contributed by atoms with Gasteiger partial charge in [-0.2, -0.15) is 0 Å². The van der Waals surface area contributed by atoms with E-state index in [2.05, 4.69) is 20.3 Å². The quantitative estimate of drug-likeness (QED) is 0.200. The molecule has 10 heteroatoms. The standard InChI is InChI=1S/C20H15N5O3S2/c1-12(30-19-15-7-2-3-8-16(15)21-11-22-19)18(26)24-20-23-17(10-29-20)13-5-4-6-14(9-13)25(27)28/h2-12H,1H3,(H,23,24,26)/t12-/m0/s1. The second-order valence-electron chi connectivity index (χ2n) is 6.29. The van der Waals surface area contributed by atoms with Crippen molar-refractivity contribution in [3.63, 3.8) is 0 Å². The molecule has 0 unspecified atom stereocenters. The van der Waals surface area contributed by atoms with Gasteiger partial charge in [-0.3, -0.25) is 14.9 Å². The largest absolute Gasteiger partial charge is 0.301 e. The van der Waals surface area contributed by atoms with Crippen LogP contribution in [0.1, 0.15) is 6.92 Å². The molecule has 2 heterocycles. The Morgan fingerprint density at radius 2 is 2.03 bits per heavy atom. The first kappa shape index (κ1) is 19.9. The smallest absolute Gasteiger partial charge is 0.270 e. The van der Waals surface area contributed by atoms with Gasteiger partial charge in [0, 0.05) is 28.5 Å². The molecule has 4 aromatic rings. The summed E-state index contributed by atoms with van der Waals surface area (Å²) in [6.45, 7) is 1.80. The zero-order valence-electron chi connectivity index (χ0n) is 15.7. The van der Waals surface area contributed by atoms with Crippen LogP contribution in [0.3, 0.4) is 0 Å². The highest BCUT2D eigenvalue weighted by Crippen LogP contribution is 2.30. The van der Waals surface area contributed by atoms with Gasteiger partial charge < -0.3 is 5.32 Å². The summed E-state index contributed by atoms with van der Waals surface area (Å²) in [7, 11) is 0. The van der Waals surface area contributed by atoms with Gasteiger partial charge in [-0.25, -0.2) is 15.0 Å². The van der Waals surface area contributed by atoms with Crippen LogP contribution >= 0.6 is 23.1 Å². The molecule has 2 aromatic heterocycles. The number of nitro groups is 1. The highest BCUT2D eigenvalue weighted by Gasteiger charge is 2.19. The van der Waals surface area contributed by atoms with Gasteiger partial charge in [-0.1, -0.05) is 42.1 Å². The minimum Gasteiger partial charge on any atom is -0.301 e. The zero-order valence-corrected chi connectivity index (χ0v) is 17.3. The van der Waals surface area contributed by atoms with Crippen molar-refractivity contribution < 1.29 is 9.72 Å². The average Bonchev–Trinajstić information content (AvgIpc) is 3.22. The summed E-state index contributed by atoms with van der Waals surface area (Å²) in [5, 5.41) is 17.2. The number of para-hydroxylation sites is 1. The normalized spacial score (nSPS) is 11.9. The molecule has 0 saturated heterocycles. The molecule has 8 nitrogen and oxygen atoms in total. The molecule has 30 heavy (non-hydrogen) atoms. The Bertz CT molecular complexity index is 1240. The molecule has 0 fully saturated rings.